The van der Waals surface area contributed by atoms with Crippen molar-refractivity contribution in [1.29, 1.82) is 0 Å². The average Bonchev–Trinajstić information content (AvgIpc) is 2.76. The van der Waals surface area contributed by atoms with Gasteiger partial charge in [-0.3, -0.25) is 0 Å². The zero-order valence-corrected chi connectivity index (χ0v) is 17.8. The van der Waals surface area contributed by atoms with Crippen molar-refractivity contribution in [3.05, 3.63) is 121 Å². The Bertz CT molecular complexity index is 1210. The standard InChI is InChI=1S/C27H21I/c1-2-20(25-13-11-21-7-3-5-9-23(21)18-25)17-27(15-16-28)26-14-12-22-8-4-6-10-24(22)19-26/h2-15,17-19H,1,16H2/b20-17+,27-15+. The van der Waals surface area contributed by atoms with Crippen LogP contribution >= 0.6 is 22.6 Å². The van der Waals surface area contributed by atoms with Gasteiger partial charge in [0.1, 0.15) is 0 Å². The summed E-state index contributed by atoms with van der Waals surface area (Å²) in [6.45, 7) is 4.08. The summed E-state index contributed by atoms with van der Waals surface area (Å²) in [7, 11) is 0. The van der Waals surface area contributed by atoms with E-state index in [0.29, 0.717) is 0 Å². The second-order valence-electron chi connectivity index (χ2n) is 6.74. The van der Waals surface area contributed by atoms with Crippen molar-refractivity contribution in [2.45, 2.75) is 0 Å². The van der Waals surface area contributed by atoms with E-state index in [1.807, 2.05) is 6.08 Å². The van der Waals surface area contributed by atoms with Gasteiger partial charge in [-0.15, -0.1) is 0 Å². The molecule has 0 amide bonds. The van der Waals surface area contributed by atoms with E-state index >= 15 is 0 Å². The summed E-state index contributed by atoms with van der Waals surface area (Å²) in [6.07, 6.45) is 6.47. The van der Waals surface area contributed by atoms with E-state index in [9.17, 15) is 0 Å². The Hall–Kier alpha value is -2.65. The monoisotopic (exact) mass is 472 g/mol. The lowest BCUT2D eigenvalue weighted by Crippen LogP contribution is -1.87. The Kier molecular flexibility index (Phi) is 5.73. The smallest absolute Gasteiger partial charge is 0.0184 e. The zero-order chi connectivity index (χ0) is 19.3. The second-order valence-corrected chi connectivity index (χ2v) is 7.62. The highest BCUT2D eigenvalue weighted by atomic mass is 127. The minimum absolute atomic E-state index is 0.957. The predicted molar refractivity (Wildman–Crippen MR) is 133 cm³/mol. The van der Waals surface area contributed by atoms with Crippen molar-refractivity contribution in [1.82, 2.24) is 0 Å². The molecular formula is C27H21I. The van der Waals surface area contributed by atoms with Gasteiger partial charge in [0.25, 0.3) is 0 Å². The van der Waals surface area contributed by atoms with Gasteiger partial charge in [-0.25, -0.2) is 0 Å². The Morgan fingerprint density at radius 2 is 1.18 bits per heavy atom. The van der Waals surface area contributed by atoms with Gasteiger partial charge in [0.15, 0.2) is 0 Å². The zero-order valence-electron chi connectivity index (χ0n) is 15.6. The van der Waals surface area contributed by atoms with Crippen LogP contribution in [0.4, 0.5) is 0 Å². The minimum Gasteiger partial charge on any atom is -0.0984 e. The lowest BCUT2D eigenvalue weighted by molar-refractivity contribution is 1.63. The number of allylic oxidation sites excluding steroid dienone is 5. The van der Waals surface area contributed by atoms with Gasteiger partial charge in [-0.1, -0.05) is 114 Å². The van der Waals surface area contributed by atoms with Crippen LogP contribution in [0, 0.1) is 0 Å². The number of halogens is 1. The van der Waals surface area contributed by atoms with Gasteiger partial charge in [0.05, 0.1) is 0 Å². The van der Waals surface area contributed by atoms with Gasteiger partial charge in [-0.2, -0.15) is 0 Å². The Balaban J connectivity index is 1.79. The molecule has 0 aliphatic rings. The molecule has 0 saturated carbocycles. The molecule has 0 N–H and O–H groups in total. The molecule has 0 unspecified atom stereocenters. The van der Waals surface area contributed by atoms with Crippen LogP contribution in [0.25, 0.3) is 32.7 Å². The van der Waals surface area contributed by atoms with Crippen molar-refractivity contribution in [2.24, 2.45) is 0 Å². The lowest BCUT2D eigenvalue weighted by atomic mass is 9.95. The van der Waals surface area contributed by atoms with Gasteiger partial charge in [0.2, 0.25) is 0 Å². The van der Waals surface area contributed by atoms with Crippen LogP contribution in [-0.2, 0) is 0 Å². The molecule has 0 nitrogen and oxygen atoms in total. The highest BCUT2D eigenvalue weighted by Gasteiger charge is 2.05. The Labute approximate surface area is 180 Å². The van der Waals surface area contributed by atoms with E-state index < -0.39 is 0 Å². The molecule has 0 heterocycles. The van der Waals surface area contributed by atoms with Crippen molar-refractivity contribution >= 4 is 55.3 Å². The molecule has 4 aromatic carbocycles. The first-order chi connectivity index (χ1) is 13.8. The SMILES string of the molecule is C=C/C(=C\C(=C/CI)c1ccc2ccccc2c1)c1ccc2ccccc2c1. The van der Waals surface area contributed by atoms with E-state index in [4.69, 9.17) is 0 Å². The first-order valence-electron chi connectivity index (χ1n) is 9.37. The van der Waals surface area contributed by atoms with E-state index in [1.54, 1.807) is 0 Å². The predicted octanol–water partition coefficient (Wildman–Crippen LogP) is 8.08. The topological polar surface area (TPSA) is 0 Å². The molecule has 28 heavy (non-hydrogen) atoms. The summed E-state index contributed by atoms with van der Waals surface area (Å²) in [5, 5.41) is 5.03. The molecule has 0 bridgehead atoms. The highest BCUT2D eigenvalue weighted by Crippen LogP contribution is 2.28. The highest BCUT2D eigenvalue weighted by molar-refractivity contribution is 14.1. The summed E-state index contributed by atoms with van der Waals surface area (Å²) in [4.78, 5) is 0. The summed E-state index contributed by atoms with van der Waals surface area (Å²) < 4.78 is 0.957. The third kappa shape index (κ3) is 3.95. The number of hydrogen-bond donors (Lipinski definition) is 0. The summed E-state index contributed by atoms with van der Waals surface area (Å²) in [5.74, 6) is 0. The minimum atomic E-state index is 0.957. The van der Waals surface area contributed by atoms with Crippen molar-refractivity contribution in [3.8, 4) is 0 Å². The number of fused-ring (bicyclic) bond motifs is 2. The quantitative estimate of drug-likeness (QED) is 0.157. The number of rotatable bonds is 5. The molecule has 4 rings (SSSR count). The van der Waals surface area contributed by atoms with Crippen LogP contribution < -0.4 is 0 Å². The fraction of sp³-hybridized carbons (Fsp3) is 0.0370. The fourth-order valence-corrected chi connectivity index (χ4v) is 3.98. The molecule has 0 radical (unpaired) electrons. The molecule has 0 atom stereocenters. The molecule has 4 aromatic rings. The van der Waals surface area contributed by atoms with E-state index in [2.05, 4.69) is 126 Å². The summed E-state index contributed by atoms with van der Waals surface area (Å²) in [6, 6.07) is 30.2. The van der Waals surface area contributed by atoms with E-state index in [1.165, 1.54) is 38.2 Å². The van der Waals surface area contributed by atoms with Gasteiger partial charge < -0.3 is 0 Å². The van der Waals surface area contributed by atoms with Gasteiger partial charge >= 0.3 is 0 Å². The molecule has 0 aliphatic carbocycles. The number of alkyl halides is 1. The largest absolute Gasteiger partial charge is 0.0984 e. The molecule has 0 fully saturated rings. The van der Waals surface area contributed by atoms with Gasteiger partial charge in [-0.05, 0) is 62.0 Å². The molecule has 0 saturated heterocycles. The molecule has 1 heteroatoms. The fourth-order valence-electron chi connectivity index (χ4n) is 3.51. The maximum absolute atomic E-state index is 4.08. The van der Waals surface area contributed by atoms with Crippen molar-refractivity contribution in [2.75, 3.05) is 4.43 Å². The Morgan fingerprint density at radius 1 is 0.679 bits per heavy atom. The maximum atomic E-state index is 4.08. The molecule has 0 aliphatic heterocycles. The first-order valence-corrected chi connectivity index (χ1v) is 10.9. The van der Waals surface area contributed by atoms with Crippen LogP contribution in [0.2, 0.25) is 0 Å². The van der Waals surface area contributed by atoms with Crippen LogP contribution in [-0.4, -0.2) is 4.43 Å². The van der Waals surface area contributed by atoms with Crippen molar-refractivity contribution < 1.29 is 0 Å². The van der Waals surface area contributed by atoms with Crippen LogP contribution in [0.3, 0.4) is 0 Å². The second kappa shape index (κ2) is 8.57. The molecule has 136 valence electrons. The third-order valence-corrected chi connectivity index (χ3v) is 5.43. The number of hydrogen-bond acceptors (Lipinski definition) is 0. The normalized spacial score (nSPS) is 12.5. The van der Waals surface area contributed by atoms with E-state index in [0.717, 1.165) is 10.0 Å². The third-order valence-electron chi connectivity index (χ3n) is 4.99. The van der Waals surface area contributed by atoms with Crippen LogP contribution in [0.15, 0.2) is 110 Å². The first kappa shape index (κ1) is 18.7. The molecule has 0 aromatic heterocycles. The van der Waals surface area contributed by atoms with Crippen molar-refractivity contribution in [3.63, 3.8) is 0 Å². The van der Waals surface area contributed by atoms with Crippen LogP contribution in [0.5, 0.6) is 0 Å². The summed E-state index contributed by atoms with van der Waals surface area (Å²) >= 11 is 2.40. The Morgan fingerprint density at radius 3 is 1.68 bits per heavy atom. The average molecular weight is 472 g/mol. The lowest BCUT2D eigenvalue weighted by Gasteiger charge is -2.09. The molecule has 0 spiro atoms. The maximum Gasteiger partial charge on any atom is 0.0184 e. The van der Waals surface area contributed by atoms with Crippen LogP contribution in [0.1, 0.15) is 11.1 Å². The van der Waals surface area contributed by atoms with Gasteiger partial charge in [0, 0.05) is 4.43 Å². The summed E-state index contributed by atoms with van der Waals surface area (Å²) in [5.41, 5.74) is 4.78. The number of benzene rings is 4. The molecular weight excluding hydrogens is 451 g/mol. The van der Waals surface area contributed by atoms with E-state index in [-0.39, 0.29) is 0 Å².